The highest BCUT2D eigenvalue weighted by atomic mass is 16.5. The smallest absolute Gasteiger partial charge is 0.119 e. The molecular weight excluding hydrogens is 198 g/mol. The first kappa shape index (κ1) is 13.0. The molecule has 2 heteroatoms. The number of rotatable bonds is 8. The van der Waals surface area contributed by atoms with Crippen molar-refractivity contribution >= 4 is 0 Å². The van der Waals surface area contributed by atoms with Crippen molar-refractivity contribution in [1.82, 2.24) is 5.32 Å². The van der Waals surface area contributed by atoms with Crippen LogP contribution in [-0.2, 0) is 0 Å². The second-order valence-electron chi connectivity index (χ2n) is 3.81. The molecule has 0 heterocycles. The van der Waals surface area contributed by atoms with Gasteiger partial charge in [-0.05, 0) is 50.0 Å². The summed E-state index contributed by atoms with van der Waals surface area (Å²) in [6.07, 6.45) is 4.32. The van der Waals surface area contributed by atoms with Gasteiger partial charge in [0.2, 0.25) is 0 Å². The molecule has 0 bridgehead atoms. The van der Waals surface area contributed by atoms with Gasteiger partial charge in [0.1, 0.15) is 5.75 Å². The van der Waals surface area contributed by atoms with E-state index in [4.69, 9.17) is 4.74 Å². The molecular formula is C14H22NO. The van der Waals surface area contributed by atoms with Crippen molar-refractivity contribution in [3.05, 3.63) is 36.2 Å². The van der Waals surface area contributed by atoms with Crippen molar-refractivity contribution in [2.24, 2.45) is 0 Å². The Kier molecular flexibility index (Phi) is 6.66. The minimum atomic E-state index is 0.782. The molecule has 1 aromatic rings. The molecule has 16 heavy (non-hydrogen) atoms. The molecule has 0 fully saturated rings. The van der Waals surface area contributed by atoms with Gasteiger partial charge in [-0.1, -0.05) is 26.0 Å². The zero-order valence-electron chi connectivity index (χ0n) is 10.3. The van der Waals surface area contributed by atoms with Crippen LogP contribution in [0.25, 0.3) is 0 Å². The molecule has 0 aliphatic carbocycles. The van der Waals surface area contributed by atoms with Crippen LogP contribution >= 0.6 is 0 Å². The highest BCUT2D eigenvalue weighted by Crippen LogP contribution is 2.14. The zero-order valence-corrected chi connectivity index (χ0v) is 10.3. The van der Waals surface area contributed by atoms with E-state index in [2.05, 4.69) is 30.8 Å². The summed E-state index contributed by atoms with van der Waals surface area (Å²) in [4.78, 5) is 0. The van der Waals surface area contributed by atoms with E-state index in [0.29, 0.717) is 0 Å². The Morgan fingerprint density at radius 3 is 2.94 bits per heavy atom. The van der Waals surface area contributed by atoms with Gasteiger partial charge in [-0.2, -0.15) is 0 Å². The Hall–Kier alpha value is -1.02. The van der Waals surface area contributed by atoms with Gasteiger partial charge in [0.25, 0.3) is 0 Å². The van der Waals surface area contributed by atoms with Crippen molar-refractivity contribution in [2.75, 3.05) is 19.7 Å². The second-order valence-corrected chi connectivity index (χ2v) is 3.81. The SMILES string of the molecule is C[CH]c1cccc(OCCCNCCC)c1. The van der Waals surface area contributed by atoms with E-state index in [1.165, 1.54) is 12.0 Å². The summed E-state index contributed by atoms with van der Waals surface area (Å²) in [7, 11) is 0. The zero-order chi connectivity index (χ0) is 11.6. The molecule has 1 N–H and O–H groups in total. The van der Waals surface area contributed by atoms with Gasteiger partial charge in [-0.3, -0.25) is 0 Å². The van der Waals surface area contributed by atoms with E-state index in [9.17, 15) is 0 Å². The summed E-state index contributed by atoms with van der Waals surface area (Å²) >= 11 is 0. The first-order valence-electron chi connectivity index (χ1n) is 6.09. The normalized spacial score (nSPS) is 10.4. The lowest BCUT2D eigenvalue weighted by Crippen LogP contribution is -2.18. The van der Waals surface area contributed by atoms with Gasteiger partial charge in [-0.25, -0.2) is 0 Å². The number of hydrogen-bond acceptors (Lipinski definition) is 2. The third-order valence-corrected chi connectivity index (χ3v) is 2.38. The van der Waals surface area contributed by atoms with Crippen LogP contribution in [-0.4, -0.2) is 19.7 Å². The number of nitrogens with one attached hydrogen (secondary N) is 1. The Bertz CT molecular complexity index is 286. The van der Waals surface area contributed by atoms with E-state index < -0.39 is 0 Å². The summed E-state index contributed by atoms with van der Waals surface area (Å²) in [6.45, 7) is 7.13. The minimum absolute atomic E-state index is 0.782. The predicted molar refractivity (Wildman–Crippen MR) is 68.8 cm³/mol. The fourth-order valence-corrected chi connectivity index (χ4v) is 1.47. The molecule has 0 amide bonds. The molecule has 0 aromatic heterocycles. The number of benzene rings is 1. The first-order chi connectivity index (χ1) is 7.86. The van der Waals surface area contributed by atoms with Gasteiger partial charge < -0.3 is 10.1 Å². The molecule has 0 atom stereocenters. The van der Waals surface area contributed by atoms with Gasteiger partial charge >= 0.3 is 0 Å². The molecule has 0 saturated heterocycles. The highest BCUT2D eigenvalue weighted by Gasteiger charge is 1.95. The van der Waals surface area contributed by atoms with Crippen molar-refractivity contribution in [3.8, 4) is 5.75 Å². The summed E-state index contributed by atoms with van der Waals surface area (Å²) in [6, 6.07) is 8.18. The third kappa shape index (κ3) is 5.17. The van der Waals surface area contributed by atoms with Crippen molar-refractivity contribution in [3.63, 3.8) is 0 Å². The Morgan fingerprint density at radius 2 is 2.19 bits per heavy atom. The molecule has 1 rings (SSSR count). The lowest BCUT2D eigenvalue weighted by Gasteiger charge is -2.07. The molecule has 2 nitrogen and oxygen atoms in total. The van der Waals surface area contributed by atoms with Crippen molar-refractivity contribution in [1.29, 1.82) is 0 Å². The summed E-state index contributed by atoms with van der Waals surface area (Å²) in [5.74, 6) is 0.964. The predicted octanol–water partition coefficient (Wildman–Crippen LogP) is 3.03. The Labute approximate surface area is 99.0 Å². The van der Waals surface area contributed by atoms with Gasteiger partial charge in [-0.15, -0.1) is 0 Å². The van der Waals surface area contributed by atoms with Gasteiger partial charge in [0.15, 0.2) is 0 Å². The van der Waals surface area contributed by atoms with E-state index in [1.54, 1.807) is 0 Å². The first-order valence-corrected chi connectivity index (χ1v) is 6.09. The Morgan fingerprint density at radius 1 is 1.31 bits per heavy atom. The molecule has 0 unspecified atom stereocenters. The molecule has 1 radical (unpaired) electrons. The van der Waals surface area contributed by atoms with Crippen molar-refractivity contribution < 1.29 is 4.74 Å². The summed E-state index contributed by atoms with van der Waals surface area (Å²) in [5, 5.41) is 3.36. The standard InChI is InChI=1S/C14H22NO/c1-3-9-15-10-6-11-16-14-8-5-7-13(4-2)12-14/h4-5,7-8,12,15H,3,6,9-11H2,1-2H3. The fourth-order valence-electron chi connectivity index (χ4n) is 1.47. The summed E-state index contributed by atoms with van der Waals surface area (Å²) < 4.78 is 5.67. The molecule has 0 aliphatic rings. The van der Waals surface area contributed by atoms with E-state index in [1.807, 2.05) is 19.1 Å². The highest BCUT2D eigenvalue weighted by molar-refractivity contribution is 5.32. The van der Waals surface area contributed by atoms with Crippen molar-refractivity contribution in [2.45, 2.75) is 26.7 Å². The molecule has 0 aliphatic heterocycles. The van der Waals surface area contributed by atoms with Gasteiger partial charge in [0.05, 0.1) is 6.61 Å². The minimum Gasteiger partial charge on any atom is -0.494 e. The molecule has 89 valence electrons. The van der Waals surface area contributed by atoms with E-state index in [-0.39, 0.29) is 0 Å². The maximum atomic E-state index is 5.67. The van der Waals surface area contributed by atoms with Crippen LogP contribution in [0.3, 0.4) is 0 Å². The maximum Gasteiger partial charge on any atom is 0.119 e. The number of ether oxygens (including phenoxy) is 1. The van der Waals surface area contributed by atoms with Crippen LogP contribution in [0.1, 0.15) is 32.3 Å². The van der Waals surface area contributed by atoms with Gasteiger partial charge in [0, 0.05) is 0 Å². The second kappa shape index (κ2) is 8.17. The molecule has 0 spiro atoms. The van der Waals surface area contributed by atoms with E-state index >= 15 is 0 Å². The quantitative estimate of drug-likeness (QED) is 0.680. The number of hydrogen-bond donors (Lipinski definition) is 1. The van der Waals surface area contributed by atoms with Crippen LogP contribution in [0.15, 0.2) is 24.3 Å². The average molecular weight is 220 g/mol. The Balaban J connectivity index is 2.16. The molecule has 1 aromatic carbocycles. The third-order valence-electron chi connectivity index (χ3n) is 2.38. The average Bonchev–Trinajstić information content (AvgIpc) is 2.34. The monoisotopic (exact) mass is 220 g/mol. The lowest BCUT2D eigenvalue weighted by atomic mass is 10.2. The largest absolute Gasteiger partial charge is 0.494 e. The maximum absolute atomic E-state index is 5.67. The molecule has 0 saturated carbocycles. The summed E-state index contributed by atoms with van der Waals surface area (Å²) in [5.41, 5.74) is 1.21. The van der Waals surface area contributed by atoms with Crippen LogP contribution < -0.4 is 10.1 Å². The van der Waals surface area contributed by atoms with E-state index in [0.717, 1.165) is 31.9 Å². The van der Waals surface area contributed by atoms with Crippen LogP contribution in [0.4, 0.5) is 0 Å². The lowest BCUT2D eigenvalue weighted by molar-refractivity contribution is 0.308. The van der Waals surface area contributed by atoms with Crippen LogP contribution in [0.5, 0.6) is 5.75 Å². The fraction of sp³-hybridized carbons (Fsp3) is 0.500. The van der Waals surface area contributed by atoms with Crippen LogP contribution in [0.2, 0.25) is 0 Å². The van der Waals surface area contributed by atoms with Crippen LogP contribution in [0, 0.1) is 6.42 Å². The topological polar surface area (TPSA) is 21.3 Å².